The fourth-order valence-corrected chi connectivity index (χ4v) is 4.14. The summed E-state index contributed by atoms with van der Waals surface area (Å²) in [6, 6.07) is 10.6. The van der Waals surface area contributed by atoms with Crippen LogP contribution in [-0.2, 0) is 20.9 Å². The van der Waals surface area contributed by atoms with E-state index < -0.39 is 0 Å². The van der Waals surface area contributed by atoms with Crippen molar-refractivity contribution in [1.82, 2.24) is 9.96 Å². The summed E-state index contributed by atoms with van der Waals surface area (Å²) in [5.74, 6) is 0.648. The predicted octanol–water partition coefficient (Wildman–Crippen LogP) is 2.22. The van der Waals surface area contributed by atoms with Crippen LogP contribution in [0.3, 0.4) is 0 Å². The van der Waals surface area contributed by atoms with Gasteiger partial charge in [0.25, 0.3) is 0 Å². The number of hydrogen-bond acceptors (Lipinski definition) is 4. The third kappa shape index (κ3) is 3.63. The van der Waals surface area contributed by atoms with Crippen molar-refractivity contribution in [2.75, 3.05) is 26.2 Å². The number of benzene rings is 1. The zero-order valence-corrected chi connectivity index (χ0v) is 14.1. The van der Waals surface area contributed by atoms with Crippen LogP contribution >= 0.6 is 0 Å². The summed E-state index contributed by atoms with van der Waals surface area (Å²) in [4.78, 5) is 20.2. The maximum absolute atomic E-state index is 12.3. The van der Waals surface area contributed by atoms with Crippen LogP contribution in [0, 0.1) is 5.92 Å². The quantitative estimate of drug-likeness (QED) is 0.849. The summed E-state index contributed by atoms with van der Waals surface area (Å²) < 4.78 is 6.17. The highest BCUT2D eigenvalue weighted by atomic mass is 16.7. The Balaban J connectivity index is 1.24. The molecule has 3 atom stereocenters. The number of carbonyl (C=O) groups is 1. The lowest BCUT2D eigenvalue weighted by Gasteiger charge is -2.27. The van der Waals surface area contributed by atoms with E-state index in [0.29, 0.717) is 18.9 Å². The second-order valence-corrected chi connectivity index (χ2v) is 7.21. The first-order chi connectivity index (χ1) is 11.8. The Hall–Kier alpha value is -1.43. The summed E-state index contributed by atoms with van der Waals surface area (Å²) in [6.45, 7) is 4.43. The number of ether oxygens (including phenoxy) is 1. The maximum Gasteiger partial charge on any atom is 0.248 e. The normalized spacial score (nSPS) is 30.5. The van der Waals surface area contributed by atoms with E-state index in [0.717, 1.165) is 45.4 Å². The van der Waals surface area contributed by atoms with Crippen LogP contribution in [0.5, 0.6) is 0 Å². The van der Waals surface area contributed by atoms with Crippen LogP contribution in [0.25, 0.3) is 0 Å². The van der Waals surface area contributed by atoms with Gasteiger partial charge in [0.1, 0.15) is 0 Å². The van der Waals surface area contributed by atoms with Crippen molar-refractivity contribution in [1.29, 1.82) is 0 Å². The lowest BCUT2D eigenvalue weighted by molar-refractivity contribution is -0.199. The van der Waals surface area contributed by atoms with Gasteiger partial charge in [0, 0.05) is 32.1 Å². The summed E-state index contributed by atoms with van der Waals surface area (Å²) in [5, 5.41) is 1.54. The Labute approximate surface area is 143 Å². The van der Waals surface area contributed by atoms with Crippen LogP contribution < -0.4 is 0 Å². The fraction of sp³-hybridized carbons (Fsp3) is 0.632. The molecule has 0 aromatic heterocycles. The van der Waals surface area contributed by atoms with Crippen LogP contribution in [0.1, 0.15) is 31.2 Å². The largest absolute Gasteiger partial charge is 0.373 e. The van der Waals surface area contributed by atoms with Gasteiger partial charge in [-0.15, -0.1) is 0 Å². The van der Waals surface area contributed by atoms with E-state index in [-0.39, 0.29) is 18.1 Å². The highest BCUT2D eigenvalue weighted by Crippen LogP contribution is 2.35. The van der Waals surface area contributed by atoms with E-state index in [4.69, 9.17) is 9.57 Å². The second kappa shape index (κ2) is 7.21. The molecule has 0 N–H and O–H groups in total. The summed E-state index contributed by atoms with van der Waals surface area (Å²) in [5.41, 5.74) is 1.35. The molecule has 0 bridgehead atoms. The molecule has 1 aromatic carbocycles. The SMILES string of the molecule is O=C(C[C@@H]1C[C@H]2CN(Cc3ccccc3)C[C@H]2O1)N1CCCCO1. The molecular weight excluding hydrogens is 304 g/mol. The van der Waals surface area contributed by atoms with Gasteiger partial charge in [-0.3, -0.25) is 14.5 Å². The molecule has 0 radical (unpaired) electrons. The molecule has 1 amide bonds. The Kier molecular flexibility index (Phi) is 4.83. The molecule has 0 aliphatic carbocycles. The molecule has 4 rings (SSSR count). The Bertz CT molecular complexity index is 545. The molecule has 0 spiro atoms. The van der Waals surface area contributed by atoms with E-state index >= 15 is 0 Å². The third-order valence-electron chi connectivity index (χ3n) is 5.32. The number of carbonyl (C=O) groups excluding carboxylic acids is 1. The highest BCUT2D eigenvalue weighted by Gasteiger charge is 2.42. The van der Waals surface area contributed by atoms with Gasteiger partial charge in [-0.1, -0.05) is 30.3 Å². The minimum Gasteiger partial charge on any atom is -0.373 e. The van der Waals surface area contributed by atoms with Crippen molar-refractivity contribution >= 4 is 5.91 Å². The molecule has 3 aliphatic heterocycles. The molecule has 0 unspecified atom stereocenters. The summed E-state index contributed by atoms with van der Waals surface area (Å²) >= 11 is 0. The Morgan fingerprint density at radius 3 is 2.79 bits per heavy atom. The fourth-order valence-electron chi connectivity index (χ4n) is 4.14. The molecule has 5 nitrogen and oxygen atoms in total. The van der Waals surface area contributed by atoms with Crippen LogP contribution in [-0.4, -0.2) is 54.3 Å². The number of likely N-dealkylation sites (tertiary alicyclic amines) is 1. The van der Waals surface area contributed by atoms with E-state index in [1.165, 1.54) is 5.56 Å². The van der Waals surface area contributed by atoms with Crippen molar-refractivity contribution in [3.63, 3.8) is 0 Å². The van der Waals surface area contributed by atoms with Gasteiger partial charge in [-0.05, 0) is 24.8 Å². The predicted molar refractivity (Wildman–Crippen MR) is 90.0 cm³/mol. The van der Waals surface area contributed by atoms with Crippen molar-refractivity contribution in [2.45, 2.75) is 44.4 Å². The van der Waals surface area contributed by atoms with Crippen molar-refractivity contribution in [3.8, 4) is 0 Å². The molecular formula is C19H26N2O3. The average molecular weight is 330 g/mol. The topological polar surface area (TPSA) is 42.0 Å². The summed E-state index contributed by atoms with van der Waals surface area (Å²) in [7, 11) is 0. The molecule has 0 saturated carbocycles. The highest BCUT2D eigenvalue weighted by molar-refractivity contribution is 5.75. The molecule has 24 heavy (non-hydrogen) atoms. The first-order valence-electron chi connectivity index (χ1n) is 9.13. The maximum atomic E-state index is 12.3. The zero-order valence-electron chi connectivity index (χ0n) is 14.1. The summed E-state index contributed by atoms with van der Waals surface area (Å²) in [6.07, 6.45) is 3.90. The van der Waals surface area contributed by atoms with Crippen molar-refractivity contribution < 1.29 is 14.4 Å². The van der Waals surface area contributed by atoms with Crippen molar-refractivity contribution in [3.05, 3.63) is 35.9 Å². The Morgan fingerprint density at radius 2 is 2.04 bits per heavy atom. The van der Waals surface area contributed by atoms with Gasteiger partial charge in [0.2, 0.25) is 5.91 Å². The molecule has 3 saturated heterocycles. The van der Waals surface area contributed by atoms with Gasteiger partial charge in [0.05, 0.1) is 25.2 Å². The molecule has 130 valence electrons. The van der Waals surface area contributed by atoms with Gasteiger partial charge in [0.15, 0.2) is 0 Å². The average Bonchev–Trinajstić information content (AvgIpc) is 3.14. The standard InChI is InChI=1S/C19H26N2O3/c22-19(21-8-4-5-9-23-21)11-17-10-16-13-20(14-18(16)24-17)12-15-6-2-1-3-7-15/h1-3,6-7,16-18H,4-5,8-14H2/t16-,17-,18+/m0/s1. The second-order valence-electron chi connectivity index (χ2n) is 7.21. The molecule has 3 aliphatic rings. The smallest absolute Gasteiger partial charge is 0.248 e. The van der Waals surface area contributed by atoms with Gasteiger partial charge >= 0.3 is 0 Å². The number of rotatable bonds is 4. The van der Waals surface area contributed by atoms with Crippen LogP contribution in [0.4, 0.5) is 0 Å². The van der Waals surface area contributed by atoms with E-state index in [1.54, 1.807) is 5.06 Å². The lowest BCUT2D eigenvalue weighted by atomic mass is 10.0. The molecule has 3 heterocycles. The first kappa shape index (κ1) is 16.1. The lowest BCUT2D eigenvalue weighted by Crippen LogP contribution is -2.37. The molecule has 1 aromatic rings. The minimum absolute atomic E-state index is 0.0666. The molecule has 3 fully saturated rings. The Morgan fingerprint density at radius 1 is 1.17 bits per heavy atom. The van der Waals surface area contributed by atoms with Crippen LogP contribution in [0.15, 0.2) is 30.3 Å². The molecule has 5 heteroatoms. The van der Waals surface area contributed by atoms with Gasteiger partial charge in [-0.25, -0.2) is 5.06 Å². The van der Waals surface area contributed by atoms with E-state index in [1.807, 2.05) is 0 Å². The number of fused-ring (bicyclic) bond motifs is 1. The van der Waals surface area contributed by atoms with Crippen LogP contribution in [0.2, 0.25) is 0 Å². The van der Waals surface area contributed by atoms with E-state index in [2.05, 4.69) is 35.2 Å². The third-order valence-corrected chi connectivity index (χ3v) is 5.32. The zero-order chi connectivity index (χ0) is 16.4. The van der Waals surface area contributed by atoms with Gasteiger partial charge < -0.3 is 4.74 Å². The number of hydrogen-bond donors (Lipinski definition) is 0. The number of amides is 1. The number of hydroxylamine groups is 2. The monoisotopic (exact) mass is 330 g/mol. The number of nitrogens with zero attached hydrogens (tertiary/aromatic N) is 2. The van der Waals surface area contributed by atoms with Gasteiger partial charge in [-0.2, -0.15) is 0 Å². The van der Waals surface area contributed by atoms with E-state index in [9.17, 15) is 4.79 Å². The minimum atomic E-state index is 0.0666. The first-order valence-corrected chi connectivity index (χ1v) is 9.13. The van der Waals surface area contributed by atoms with Crippen molar-refractivity contribution in [2.24, 2.45) is 5.92 Å².